The van der Waals surface area contributed by atoms with Crippen molar-refractivity contribution in [3.05, 3.63) is 46.4 Å². The van der Waals surface area contributed by atoms with Crippen molar-refractivity contribution in [1.29, 1.82) is 0 Å². The van der Waals surface area contributed by atoms with E-state index in [0.717, 1.165) is 35.9 Å². The molecule has 3 aromatic rings. The molecule has 6 heteroatoms. The molecule has 0 bridgehead atoms. The van der Waals surface area contributed by atoms with Crippen molar-refractivity contribution >= 4 is 27.7 Å². The number of hydrogen-bond donors (Lipinski definition) is 1. The van der Waals surface area contributed by atoms with Crippen molar-refractivity contribution in [2.24, 2.45) is 13.0 Å². The molecule has 0 saturated carbocycles. The van der Waals surface area contributed by atoms with Gasteiger partial charge in [-0.1, -0.05) is 52.3 Å². The van der Waals surface area contributed by atoms with Gasteiger partial charge in [-0.05, 0) is 31.5 Å². The Morgan fingerprint density at radius 1 is 1.16 bits per heavy atom. The molecule has 1 amide bonds. The second kappa shape index (κ2) is 10.1. The standard InChI is InChI=1S/C25H36N4O2/c1-6-8-14-28(7-2)15-13-26-24(30)20-17-29(16-18(3)4)25(31)23-22(20)19-11-9-10-12-21(19)27(23)5/h9-12,17-18H,6-8,13-16H2,1-5H3,(H,26,30). The summed E-state index contributed by atoms with van der Waals surface area (Å²) < 4.78 is 3.62. The monoisotopic (exact) mass is 424 g/mol. The summed E-state index contributed by atoms with van der Waals surface area (Å²) in [6.07, 6.45) is 4.08. The van der Waals surface area contributed by atoms with Gasteiger partial charge in [-0.15, -0.1) is 0 Å². The van der Waals surface area contributed by atoms with Crippen LogP contribution in [0.2, 0.25) is 0 Å². The third-order valence-corrected chi connectivity index (χ3v) is 5.92. The molecular formula is C25H36N4O2. The number of benzene rings is 1. The smallest absolute Gasteiger partial charge is 0.275 e. The summed E-state index contributed by atoms with van der Waals surface area (Å²) in [6, 6.07) is 7.90. The number of likely N-dealkylation sites (N-methyl/N-ethyl adjacent to an activating group) is 1. The molecule has 0 aliphatic carbocycles. The van der Waals surface area contributed by atoms with Gasteiger partial charge in [-0.25, -0.2) is 0 Å². The van der Waals surface area contributed by atoms with E-state index in [1.165, 1.54) is 12.8 Å². The van der Waals surface area contributed by atoms with Crippen LogP contribution in [0.1, 0.15) is 50.9 Å². The highest BCUT2D eigenvalue weighted by Crippen LogP contribution is 2.29. The molecule has 0 spiro atoms. The molecule has 0 fully saturated rings. The molecule has 168 valence electrons. The van der Waals surface area contributed by atoms with Crippen molar-refractivity contribution in [2.45, 2.75) is 47.1 Å². The Morgan fingerprint density at radius 3 is 2.58 bits per heavy atom. The summed E-state index contributed by atoms with van der Waals surface area (Å²) in [5.74, 6) is 0.183. The van der Waals surface area contributed by atoms with Gasteiger partial charge in [-0.3, -0.25) is 9.59 Å². The highest BCUT2D eigenvalue weighted by Gasteiger charge is 2.21. The number of aryl methyl sites for hydroxylation is 1. The average Bonchev–Trinajstić information content (AvgIpc) is 3.05. The molecule has 6 nitrogen and oxygen atoms in total. The van der Waals surface area contributed by atoms with E-state index in [9.17, 15) is 9.59 Å². The lowest BCUT2D eigenvalue weighted by molar-refractivity contribution is 0.0949. The number of nitrogens with zero attached hydrogens (tertiary/aromatic N) is 3. The number of hydrogen-bond acceptors (Lipinski definition) is 3. The lowest BCUT2D eigenvalue weighted by Crippen LogP contribution is -2.36. The van der Waals surface area contributed by atoms with Crippen LogP contribution in [-0.4, -0.2) is 46.1 Å². The summed E-state index contributed by atoms with van der Waals surface area (Å²) >= 11 is 0. The van der Waals surface area contributed by atoms with Crippen molar-refractivity contribution in [2.75, 3.05) is 26.2 Å². The van der Waals surface area contributed by atoms with Crippen LogP contribution in [0.15, 0.2) is 35.3 Å². The quantitative estimate of drug-likeness (QED) is 0.535. The fraction of sp³-hybridized carbons (Fsp3) is 0.520. The van der Waals surface area contributed by atoms with Gasteiger partial charge in [0.2, 0.25) is 0 Å². The van der Waals surface area contributed by atoms with Crippen LogP contribution in [0.25, 0.3) is 21.8 Å². The van der Waals surface area contributed by atoms with E-state index < -0.39 is 0 Å². The highest BCUT2D eigenvalue weighted by molar-refractivity contribution is 6.17. The number of carbonyl (C=O) groups excluding carboxylic acids is 1. The van der Waals surface area contributed by atoms with Crippen molar-refractivity contribution in [3.63, 3.8) is 0 Å². The molecule has 0 unspecified atom stereocenters. The zero-order valence-corrected chi connectivity index (χ0v) is 19.6. The Hall–Kier alpha value is -2.60. The summed E-state index contributed by atoms with van der Waals surface area (Å²) in [4.78, 5) is 28.9. The Bertz CT molecular complexity index is 1110. The van der Waals surface area contributed by atoms with Crippen LogP contribution in [0.3, 0.4) is 0 Å². The number of unbranched alkanes of at least 4 members (excludes halogenated alkanes) is 1. The van der Waals surface area contributed by atoms with E-state index >= 15 is 0 Å². The number of aromatic nitrogens is 2. The predicted molar refractivity (Wildman–Crippen MR) is 129 cm³/mol. The van der Waals surface area contributed by atoms with Gasteiger partial charge in [0, 0.05) is 49.2 Å². The molecule has 31 heavy (non-hydrogen) atoms. The molecule has 0 aliphatic rings. The number of nitrogens with one attached hydrogen (secondary N) is 1. The number of para-hydroxylation sites is 1. The molecule has 0 atom stereocenters. The van der Waals surface area contributed by atoms with E-state index in [0.29, 0.717) is 30.1 Å². The summed E-state index contributed by atoms with van der Waals surface area (Å²) in [5, 5.41) is 4.79. The number of carbonyl (C=O) groups is 1. The third-order valence-electron chi connectivity index (χ3n) is 5.92. The number of rotatable bonds is 10. The molecule has 1 aromatic carbocycles. The van der Waals surface area contributed by atoms with Gasteiger partial charge >= 0.3 is 0 Å². The van der Waals surface area contributed by atoms with Crippen molar-refractivity contribution in [3.8, 4) is 0 Å². The summed E-state index contributed by atoms with van der Waals surface area (Å²) in [5.41, 5.74) is 2.08. The normalized spacial score (nSPS) is 11.8. The lowest BCUT2D eigenvalue weighted by Gasteiger charge is -2.20. The van der Waals surface area contributed by atoms with Gasteiger partial charge in [-0.2, -0.15) is 0 Å². The maximum absolute atomic E-state index is 13.3. The largest absolute Gasteiger partial charge is 0.351 e. The fourth-order valence-electron chi connectivity index (χ4n) is 4.27. The summed E-state index contributed by atoms with van der Waals surface area (Å²) in [6.45, 7) is 12.5. The van der Waals surface area contributed by atoms with E-state index in [4.69, 9.17) is 0 Å². The SMILES string of the molecule is CCCCN(CC)CCNC(=O)c1cn(CC(C)C)c(=O)c2c1c1ccccc1n2C. The van der Waals surface area contributed by atoms with Crippen LogP contribution in [0, 0.1) is 5.92 Å². The van der Waals surface area contributed by atoms with Crippen LogP contribution in [-0.2, 0) is 13.6 Å². The topological polar surface area (TPSA) is 59.3 Å². The Labute approximate surface area is 184 Å². The van der Waals surface area contributed by atoms with E-state index in [1.54, 1.807) is 10.8 Å². The Morgan fingerprint density at radius 2 is 1.90 bits per heavy atom. The Balaban J connectivity index is 2.00. The molecule has 3 rings (SSSR count). The number of pyridine rings is 1. The van der Waals surface area contributed by atoms with Crippen molar-refractivity contribution < 1.29 is 4.79 Å². The van der Waals surface area contributed by atoms with Gasteiger partial charge in [0.15, 0.2) is 0 Å². The first-order valence-corrected chi connectivity index (χ1v) is 11.5. The third kappa shape index (κ3) is 4.85. The molecular weight excluding hydrogens is 388 g/mol. The first-order chi connectivity index (χ1) is 14.9. The van der Waals surface area contributed by atoms with Crippen LogP contribution in [0.5, 0.6) is 0 Å². The fourth-order valence-corrected chi connectivity index (χ4v) is 4.27. The predicted octanol–water partition coefficient (Wildman–Crippen LogP) is 4.00. The van der Waals surface area contributed by atoms with Crippen LogP contribution < -0.4 is 10.9 Å². The van der Waals surface area contributed by atoms with E-state index in [-0.39, 0.29) is 11.5 Å². The van der Waals surface area contributed by atoms with Crippen LogP contribution >= 0.6 is 0 Å². The maximum atomic E-state index is 13.3. The molecule has 0 saturated heterocycles. The van der Waals surface area contributed by atoms with Crippen molar-refractivity contribution in [1.82, 2.24) is 19.4 Å². The second-order valence-corrected chi connectivity index (χ2v) is 8.74. The molecule has 1 N–H and O–H groups in total. The van der Waals surface area contributed by atoms with E-state index in [2.05, 4.69) is 37.9 Å². The second-order valence-electron chi connectivity index (χ2n) is 8.74. The molecule has 2 heterocycles. The maximum Gasteiger partial charge on any atom is 0.275 e. The van der Waals surface area contributed by atoms with Gasteiger partial charge in [0.25, 0.3) is 11.5 Å². The minimum atomic E-state index is -0.120. The van der Waals surface area contributed by atoms with E-state index in [1.807, 2.05) is 35.9 Å². The summed E-state index contributed by atoms with van der Waals surface area (Å²) in [7, 11) is 1.90. The molecule has 0 aliphatic heterocycles. The van der Waals surface area contributed by atoms with Gasteiger partial charge in [0.1, 0.15) is 5.52 Å². The van der Waals surface area contributed by atoms with Gasteiger partial charge < -0.3 is 19.4 Å². The lowest BCUT2D eigenvalue weighted by atomic mass is 10.1. The average molecular weight is 425 g/mol. The minimum Gasteiger partial charge on any atom is -0.351 e. The zero-order chi connectivity index (χ0) is 22.5. The van der Waals surface area contributed by atoms with Gasteiger partial charge in [0.05, 0.1) is 5.56 Å². The first-order valence-electron chi connectivity index (χ1n) is 11.5. The zero-order valence-electron chi connectivity index (χ0n) is 19.6. The van der Waals surface area contributed by atoms with Crippen LogP contribution in [0.4, 0.5) is 0 Å². The number of fused-ring (bicyclic) bond motifs is 3. The number of amides is 1. The highest BCUT2D eigenvalue weighted by atomic mass is 16.2. The molecule has 2 aromatic heterocycles. The minimum absolute atomic E-state index is 0.0457. The first kappa shape index (κ1) is 23.1. The molecule has 0 radical (unpaired) electrons. The Kier molecular flexibility index (Phi) is 7.55.